The lowest BCUT2D eigenvalue weighted by molar-refractivity contribution is 0.592. The molecular formula is C12H15BrN4O2S2. The predicted molar refractivity (Wildman–Crippen MR) is 86.8 cm³/mol. The molecule has 0 radical (unpaired) electrons. The maximum Gasteiger partial charge on any atom is 0.265 e. The fourth-order valence-corrected chi connectivity index (χ4v) is 5.15. The van der Waals surface area contributed by atoms with Crippen LogP contribution in [0.4, 0.5) is 5.82 Å². The van der Waals surface area contributed by atoms with Crippen LogP contribution in [0.3, 0.4) is 0 Å². The number of rotatable bonds is 6. The van der Waals surface area contributed by atoms with Gasteiger partial charge in [0.15, 0.2) is 5.82 Å². The molecule has 0 saturated heterocycles. The van der Waals surface area contributed by atoms with E-state index in [1.54, 1.807) is 18.2 Å². The Labute approximate surface area is 136 Å². The van der Waals surface area contributed by atoms with Crippen molar-refractivity contribution in [2.24, 2.45) is 0 Å². The van der Waals surface area contributed by atoms with Gasteiger partial charge in [-0.25, -0.2) is 8.42 Å². The summed E-state index contributed by atoms with van der Waals surface area (Å²) in [4.78, 5) is 1.15. The Kier molecular flexibility index (Phi) is 5.31. The molecule has 0 aromatic carbocycles. The molecule has 2 rings (SSSR count). The van der Waals surface area contributed by atoms with Gasteiger partial charge in [0.05, 0.1) is 3.79 Å². The molecule has 0 bridgehead atoms. The van der Waals surface area contributed by atoms with E-state index in [4.69, 9.17) is 0 Å². The van der Waals surface area contributed by atoms with Crippen LogP contribution in [0.25, 0.3) is 0 Å². The number of hydrogen-bond acceptors (Lipinski definition) is 6. The first-order valence-corrected chi connectivity index (χ1v) is 9.30. The number of sulfonamides is 1. The number of thiophene rings is 1. The van der Waals surface area contributed by atoms with Crippen molar-refractivity contribution in [3.8, 4) is 0 Å². The van der Waals surface area contributed by atoms with Gasteiger partial charge < -0.3 is 5.32 Å². The third-order valence-corrected chi connectivity index (χ3v) is 6.10. The van der Waals surface area contributed by atoms with Crippen LogP contribution in [0.15, 0.2) is 33.1 Å². The van der Waals surface area contributed by atoms with Crippen LogP contribution in [0.5, 0.6) is 0 Å². The number of nitrogens with one attached hydrogen (secondary N) is 2. The fraction of sp³-hybridized carbons (Fsp3) is 0.333. The van der Waals surface area contributed by atoms with Crippen molar-refractivity contribution in [1.29, 1.82) is 0 Å². The Hall–Kier alpha value is -1.03. The molecule has 0 amide bonds. The molecule has 114 valence electrons. The lowest BCUT2D eigenvalue weighted by atomic mass is 10.4. The topological polar surface area (TPSA) is 84.0 Å². The number of nitrogens with zero attached hydrogens (tertiary/aromatic N) is 2. The third-order valence-electron chi connectivity index (χ3n) is 2.49. The standard InChI is InChI=1S/C12H15BrN4O2S2/c1-8(2)14-7-9-6-10(12(13)20-9)21(18,19)17-11-4-3-5-15-16-11/h3-6,8,14H,7H2,1-2H3,(H,16,17). The zero-order chi connectivity index (χ0) is 15.5. The van der Waals surface area contributed by atoms with Gasteiger partial charge in [0.25, 0.3) is 10.0 Å². The van der Waals surface area contributed by atoms with E-state index in [-0.39, 0.29) is 10.7 Å². The molecule has 0 unspecified atom stereocenters. The summed E-state index contributed by atoms with van der Waals surface area (Å²) in [5.41, 5.74) is 0. The molecule has 0 aliphatic carbocycles. The lowest BCUT2D eigenvalue weighted by Gasteiger charge is -2.05. The first-order valence-electron chi connectivity index (χ1n) is 6.20. The quantitative estimate of drug-likeness (QED) is 0.791. The third kappa shape index (κ3) is 4.47. The minimum absolute atomic E-state index is 0.192. The van der Waals surface area contributed by atoms with E-state index in [0.29, 0.717) is 16.4 Å². The highest BCUT2D eigenvalue weighted by Gasteiger charge is 2.21. The van der Waals surface area contributed by atoms with E-state index in [1.807, 2.05) is 13.8 Å². The molecule has 21 heavy (non-hydrogen) atoms. The highest BCUT2D eigenvalue weighted by molar-refractivity contribution is 9.11. The Bertz CT molecular complexity index is 701. The van der Waals surface area contributed by atoms with E-state index in [0.717, 1.165) is 4.88 Å². The summed E-state index contributed by atoms with van der Waals surface area (Å²) in [6, 6.07) is 5.16. The summed E-state index contributed by atoms with van der Waals surface area (Å²) in [6.45, 7) is 4.70. The summed E-state index contributed by atoms with van der Waals surface area (Å²) in [5.74, 6) is 0.192. The number of hydrogen-bond donors (Lipinski definition) is 2. The maximum atomic E-state index is 12.4. The van der Waals surface area contributed by atoms with Gasteiger partial charge in [0.1, 0.15) is 4.90 Å². The second-order valence-electron chi connectivity index (χ2n) is 4.60. The van der Waals surface area contributed by atoms with Gasteiger partial charge in [0, 0.05) is 23.7 Å². The average Bonchev–Trinajstić information content (AvgIpc) is 2.79. The molecule has 0 saturated carbocycles. The van der Waals surface area contributed by atoms with Crippen LogP contribution in [0.2, 0.25) is 0 Å². The molecule has 2 N–H and O–H groups in total. The highest BCUT2D eigenvalue weighted by Crippen LogP contribution is 2.32. The molecule has 0 atom stereocenters. The summed E-state index contributed by atoms with van der Waals surface area (Å²) in [7, 11) is -3.68. The second-order valence-corrected chi connectivity index (χ2v) is 8.71. The van der Waals surface area contributed by atoms with Gasteiger partial charge in [-0.3, -0.25) is 4.72 Å². The summed E-state index contributed by atoms with van der Waals surface area (Å²) < 4.78 is 27.7. The van der Waals surface area contributed by atoms with Crippen molar-refractivity contribution in [2.75, 3.05) is 4.72 Å². The molecule has 2 aromatic heterocycles. The second kappa shape index (κ2) is 6.82. The molecule has 0 aliphatic rings. The molecule has 2 aromatic rings. The smallest absolute Gasteiger partial charge is 0.265 e. The highest BCUT2D eigenvalue weighted by atomic mass is 79.9. The van der Waals surface area contributed by atoms with Crippen LogP contribution in [0.1, 0.15) is 18.7 Å². The van der Waals surface area contributed by atoms with Gasteiger partial charge >= 0.3 is 0 Å². The zero-order valence-electron chi connectivity index (χ0n) is 11.5. The normalized spacial score (nSPS) is 11.8. The van der Waals surface area contributed by atoms with E-state index in [9.17, 15) is 8.42 Å². The Morgan fingerprint density at radius 1 is 1.43 bits per heavy atom. The van der Waals surface area contributed by atoms with Crippen molar-refractivity contribution >= 4 is 43.1 Å². The monoisotopic (exact) mass is 390 g/mol. The largest absolute Gasteiger partial charge is 0.310 e. The summed E-state index contributed by atoms with van der Waals surface area (Å²) in [6.07, 6.45) is 1.48. The van der Waals surface area contributed by atoms with Gasteiger partial charge in [0.2, 0.25) is 0 Å². The first-order chi connectivity index (χ1) is 9.88. The molecule has 0 spiro atoms. The Balaban J connectivity index is 2.20. The lowest BCUT2D eigenvalue weighted by Crippen LogP contribution is -2.21. The number of halogens is 1. The van der Waals surface area contributed by atoms with Crippen LogP contribution in [0, 0.1) is 0 Å². The van der Waals surface area contributed by atoms with E-state index in [2.05, 4.69) is 36.2 Å². The van der Waals surface area contributed by atoms with Crippen LogP contribution in [-0.4, -0.2) is 24.7 Å². The van der Waals surface area contributed by atoms with Crippen LogP contribution >= 0.6 is 27.3 Å². The minimum Gasteiger partial charge on any atom is -0.310 e. The summed E-state index contributed by atoms with van der Waals surface area (Å²) >= 11 is 4.70. The molecule has 0 aliphatic heterocycles. The predicted octanol–water partition coefficient (Wildman–Crippen LogP) is 2.60. The van der Waals surface area contributed by atoms with Crippen LogP contribution in [-0.2, 0) is 16.6 Å². The SMILES string of the molecule is CC(C)NCc1cc(S(=O)(=O)Nc2cccnn2)c(Br)s1. The molecule has 2 heterocycles. The summed E-state index contributed by atoms with van der Waals surface area (Å²) in [5, 5.41) is 10.6. The minimum atomic E-state index is -3.68. The van der Waals surface area contributed by atoms with E-state index in [1.165, 1.54) is 17.5 Å². The van der Waals surface area contributed by atoms with Crippen molar-refractivity contribution in [3.05, 3.63) is 33.1 Å². The fourth-order valence-electron chi connectivity index (χ4n) is 1.52. The first kappa shape index (κ1) is 16.3. The van der Waals surface area contributed by atoms with Crippen molar-refractivity contribution < 1.29 is 8.42 Å². The Morgan fingerprint density at radius 3 is 2.81 bits per heavy atom. The van der Waals surface area contributed by atoms with Crippen molar-refractivity contribution in [2.45, 2.75) is 31.3 Å². The van der Waals surface area contributed by atoms with Crippen LogP contribution < -0.4 is 10.0 Å². The maximum absolute atomic E-state index is 12.4. The van der Waals surface area contributed by atoms with Gasteiger partial charge in [-0.05, 0) is 34.1 Å². The van der Waals surface area contributed by atoms with Gasteiger partial charge in [-0.2, -0.15) is 5.10 Å². The molecular weight excluding hydrogens is 376 g/mol. The van der Waals surface area contributed by atoms with E-state index < -0.39 is 10.0 Å². The number of aromatic nitrogens is 2. The molecule has 6 nitrogen and oxygen atoms in total. The van der Waals surface area contributed by atoms with E-state index >= 15 is 0 Å². The van der Waals surface area contributed by atoms with Gasteiger partial charge in [-0.1, -0.05) is 13.8 Å². The molecule has 0 fully saturated rings. The average molecular weight is 391 g/mol. The Morgan fingerprint density at radius 2 is 2.19 bits per heavy atom. The number of anilines is 1. The van der Waals surface area contributed by atoms with Crippen molar-refractivity contribution in [1.82, 2.24) is 15.5 Å². The zero-order valence-corrected chi connectivity index (χ0v) is 14.7. The van der Waals surface area contributed by atoms with Gasteiger partial charge in [-0.15, -0.1) is 16.4 Å². The van der Waals surface area contributed by atoms with Crippen molar-refractivity contribution in [3.63, 3.8) is 0 Å². The molecule has 9 heteroatoms.